The van der Waals surface area contributed by atoms with E-state index in [0.717, 1.165) is 12.8 Å². The van der Waals surface area contributed by atoms with E-state index < -0.39 is 0 Å². The van der Waals surface area contributed by atoms with Crippen LogP contribution < -0.4 is 0 Å². The zero-order valence-corrected chi connectivity index (χ0v) is 11.3. The SMILES string of the molecule is OC(Cc1ccsc1)C1CCCc2sccc21. The van der Waals surface area contributed by atoms with Gasteiger partial charge in [-0.2, -0.15) is 11.3 Å². The van der Waals surface area contributed by atoms with Crippen molar-refractivity contribution in [3.8, 4) is 0 Å². The smallest absolute Gasteiger partial charge is 0.0649 e. The van der Waals surface area contributed by atoms with Gasteiger partial charge in [0.15, 0.2) is 0 Å². The molecule has 0 saturated heterocycles. The number of thiophene rings is 2. The highest BCUT2D eigenvalue weighted by atomic mass is 32.1. The highest BCUT2D eigenvalue weighted by molar-refractivity contribution is 7.10. The third-order valence-electron chi connectivity index (χ3n) is 3.59. The first-order valence-corrected chi connectivity index (χ1v) is 7.92. The lowest BCUT2D eigenvalue weighted by atomic mass is 9.82. The molecule has 90 valence electrons. The van der Waals surface area contributed by atoms with Crippen molar-refractivity contribution >= 4 is 22.7 Å². The Morgan fingerprint density at radius 3 is 3.12 bits per heavy atom. The molecule has 2 aromatic heterocycles. The van der Waals surface area contributed by atoms with Gasteiger partial charge >= 0.3 is 0 Å². The molecule has 2 aromatic rings. The first kappa shape index (κ1) is 11.5. The van der Waals surface area contributed by atoms with Crippen LogP contribution in [-0.2, 0) is 12.8 Å². The Bertz CT molecular complexity index is 472. The molecule has 17 heavy (non-hydrogen) atoms. The Labute approximate surface area is 110 Å². The maximum absolute atomic E-state index is 10.4. The molecule has 0 aromatic carbocycles. The van der Waals surface area contributed by atoms with Crippen LogP contribution >= 0.6 is 22.7 Å². The van der Waals surface area contributed by atoms with Gasteiger partial charge in [0.25, 0.3) is 0 Å². The van der Waals surface area contributed by atoms with E-state index in [1.165, 1.54) is 28.8 Å². The molecule has 0 aliphatic heterocycles. The Kier molecular flexibility index (Phi) is 3.32. The van der Waals surface area contributed by atoms with Crippen molar-refractivity contribution in [2.45, 2.75) is 37.7 Å². The van der Waals surface area contributed by atoms with Crippen LogP contribution in [-0.4, -0.2) is 11.2 Å². The summed E-state index contributed by atoms with van der Waals surface area (Å²) < 4.78 is 0. The van der Waals surface area contributed by atoms with Crippen LogP contribution in [0, 0.1) is 0 Å². The number of hydrogen-bond acceptors (Lipinski definition) is 3. The van der Waals surface area contributed by atoms with E-state index in [0.29, 0.717) is 5.92 Å². The van der Waals surface area contributed by atoms with Gasteiger partial charge in [0.1, 0.15) is 0 Å². The van der Waals surface area contributed by atoms with E-state index in [1.54, 1.807) is 11.3 Å². The Morgan fingerprint density at radius 1 is 1.35 bits per heavy atom. The summed E-state index contributed by atoms with van der Waals surface area (Å²) in [4.78, 5) is 1.49. The largest absolute Gasteiger partial charge is 0.392 e. The topological polar surface area (TPSA) is 20.2 Å². The lowest BCUT2D eigenvalue weighted by Gasteiger charge is -2.27. The van der Waals surface area contributed by atoms with Crippen LogP contribution in [0.25, 0.3) is 0 Å². The molecule has 2 unspecified atom stereocenters. The van der Waals surface area contributed by atoms with E-state index in [4.69, 9.17) is 0 Å². The number of hydrogen-bond donors (Lipinski definition) is 1. The lowest BCUT2D eigenvalue weighted by Crippen LogP contribution is -2.23. The number of aliphatic hydroxyl groups is 1. The summed E-state index contributed by atoms with van der Waals surface area (Å²) >= 11 is 3.55. The van der Waals surface area contributed by atoms with Crippen LogP contribution in [0.5, 0.6) is 0 Å². The van der Waals surface area contributed by atoms with Gasteiger partial charge < -0.3 is 5.11 Å². The van der Waals surface area contributed by atoms with E-state index in [-0.39, 0.29) is 6.10 Å². The second kappa shape index (κ2) is 4.92. The molecule has 1 nitrogen and oxygen atoms in total. The highest BCUT2D eigenvalue weighted by Crippen LogP contribution is 2.37. The van der Waals surface area contributed by atoms with Crippen molar-refractivity contribution in [3.05, 3.63) is 44.3 Å². The number of aryl methyl sites for hydroxylation is 1. The van der Waals surface area contributed by atoms with Gasteiger partial charge in [-0.15, -0.1) is 11.3 Å². The molecule has 2 heterocycles. The van der Waals surface area contributed by atoms with Crippen molar-refractivity contribution in [2.75, 3.05) is 0 Å². The summed E-state index contributed by atoms with van der Waals surface area (Å²) in [6.07, 6.45) is 4.13. The summed E-state index contributed by atoms with van der Waals surface area (Å²) in [5.41, 5.74) is 2.67. The number of rotatable bonds is 3. The summed E-state index contributed by atoms with van der Waals surface area (Å²) in [7, 11) is 0. The molecular weight excluding hydrogens is 248 g/mol. The fourth-order valence-electron chi connectivity index (χ4n) is 2.71. The Morgan fingerprint density at radius 2 is 2.29 bits per heavy atom. The first-order valence-electron chi connectivity index (χ1n) is 6.10. The fourth-order valence-corrected chi connectivity index (χ4v) is 4.39. The second-order valence-corrected chi connectivity index (χ2v) is 6.48. The maximum atomic E-state index is 10.4. The van der Waals surface area contributed by atoms with Crippen molar-refractivity contribution in [2.24, 2.45) is 0 Å². The second-order valence-electron chi connectivity index (χ2n) is 4.70. The fraction of sp³-hybridized carbons (Fsp3) is 0.429. The van der Waals surface area contributed by atoms with Gasteiger partial charge in [-0.05, 0) is 65.1 Å². The highest BCUT2D eigenvalue weighted by Gasteiger charge is 2.27. The summed E-state index contributed by atoms with van der Waals surface area (Å²) in [6.45, 7) is 0. The Hall–Kier alpha value is -0.640. The summed E-state index contributed by atoms with van der Waals surface area (Å²) in [5, 5.41) is 16.8. The third-order valence-corrected chi connectivity index (χ3v) is 5.32. The van der Waals surface area contributed by atoms with Crippen LogP contribution in [0.4, 0.5) is 0 Å². The molecule has 2 atom stereocenters. The lowest BCUT2D eigenvalue weighted by molar-refractivity contribution is 0.135. The zero-order chi connectivity index (χ0) is 11.7. The van der Waals surface area contributed by atoms with E-state index in [9.17, 15) is 5.11 Å². The van der Waals surface area contributed by atoms with Crippen molar-refractivity contribution in [3.63, 3.8) is 0 Å². The summed E-state index contributed by atoms with van der Waals surface area (Å²) in [6, 6.07) is 4.33. The minimum atomic E-state index is -0.224. The average molecular weight is 264 g/mol. The molecule has 1 aliphatic carbocycles. The molecule has 0 fully saturated rings. The van der Waals surface area contributed by atoms with Gasteiger partial charge in [0.2, 0.25) is 0 Å². The Balaban J connectivity index is 1.77. The quantitative estimate of drug-likeness (QED) is 0.893. The number of aliphatic hydroxyl groups excluding tert-OH is 1. The van der Waals surface area contributed by atoms with E-state index in [1.807, 2.05) is 11.3 Å². The van der Waals surface area contributed by atoms with Crippen molar-refractivity contribution in [1.82, 2.24) is 0 Å². The standard InChI is InChI=1S/C14H16OS2/c15-13(8-10-4-6-16-9-10)11-2-1-3-14-12(11)5-7-17-14/h4-7,9,11,13,15H,1-3,8H2. The minimum absolute atomic E-state index is 0.224. The maximum Gasteiger partial charge on any atom is 0.0649 e. The van der Waals surface area contributed by atoms with Crippen LogP contribution in [0.15, 0.2) is 28.3 Å². The molecule has 0 bridgehead atoms. The molecule has 1 N–H and O–H groups in total. The monoisotopic (exact) mass is 264 g/mol. The predicted octanol–water partition coefficient (Wildman–Crippen LogP) is 3.83. The minimum Gasteiger partial charge on any atom is -0.392 e. The first-order chi connectivity index (χ1) is 8.34. The molecule has 0 radical (unpaired) electrons. The predicted molar refractivity (Wildman–Crippen MR) is 74.0 cm³/mol. The van der Waals surface area contributed by atoms with Gasteiger partial charge in [0.05, 0.1) is 6.10 Å². The molecular formula is C14H16OS2. The van der Waals surface area contributed by atoms with Gasteiger partial charge in [-0.1, -0.05) is 0 Å². The molecule has 3 heteroatoms. The normalized spacial score (nSPS) is 21.1. The van der Waals surface area contributed by atoms with Crippen LogP contribution in [0.3, 0.4) is 0 Å². The van der Waals surface area contributed by atoms with Gasteiger partial charge in [-0.25, -0.2) is 0 Å². The third kappa shape index (κ3) is 2.32. The molecule has 0 spiro atoms. The van der Waals surface area contributed by atoms with Gasteiger partial charge in [-0.3, -0.25) is 0 Å². The van der Waals surface area contributed by atoms with Crippen molar-refractivity contribution < 1.29 is 5.11 Å². The zero-order valence-electron chi connectivity index (χ0n) is 9.63. The molecule has 0 amide bonds. The van der Waals surface area contributed by atoms with E-state index >= 15 is 0 Å². The molecule has 3 rings (SSSR count). The average Bonchev–Trinajstić information content (AvgIpc) is 2.97. The van der Waals surface area contributed by atoms with Crippen LogP contribution in [0.2, 0.25) is 0 Å². The van der Waals surface area contributed by atoms with Gasteiger partial charge in [0, 0.05) is 10.8 Å². The van der Waals surface area contributed by atoms with Crippen molar-refractivity contribution in [1.29, 1.82) is 0 Å². The van der Waals surface area contributed by atoms with E-state index in [2.05, 4.69) is 28.3 Å². The summed E-state index contributed by atoms with van der Waals surface area (Å²) in [5.74, 6) is 0.352. The molecule has 0 saturated carbocycles. The molecule has 1 aliphatic rings. The van der Waals surface area contributed by atoms with Crippen LogP contribution in [0.1, 0.15) is 34.8 Å². The number of fused-ring (bicyclic) bond motifs is 1.